The first-order chi connectivity index (χ1) is 12.3. The van der Waals surface area contributed by atoms with E-state index in [1.54, 1.807) is 24.3 Å². The molecule has 0 aliphatic heterocycles. The number of likely N-dealkylation sites (N-methyl/N-ethyl adjacent to an activating group) is 1. The maximum absolute atomic E-state index is 12.2. The predicted molar refractivity (Wildman–Crippen MR) is 95.1 cm³/mol. The number of aromatic nitrogens is 1. The number of nitrogens with zero attached hydrogens (tertiary/aromatic N) is 3. The van der Waals surface area contributed by atoms with Crippen LogP contribution in [0.3, 0.4) is 0 Å². The molecule has 26 heavy (non-hydrogen) atoms. The van der Waals surface area contributed by atoms with Gasteiger partial charge in [-0.25, -0.2) is 0 Å². The van der Waals surface area contributed by atoms with Crippen LogP contribution in [0.25, 0.3) is 0 Å². The zero-order valence-electron chi connectivity index (χ0n) is 13.7. The number of nitro groups is 1. The quantitative estimate of drug-likeness (QED) is 0.604. The van der Waals surface area contributed by atoms with Gasteiger partial charge < -0.3 is 10.2 Å². The van der Waals surface area contributed by atoms with Crippen molar-refractivity contribution in [2.24, 2.45) is 0 Å². The molecule has 0 unspecified atom stereocenters. The maximum atomic E-state index is 12.2. The monoisotopic (exact) mass is 378 g/mol. The number of amides is 2. The average molecular weight is 379 g/mol. The van der Waals surface area contributed by atoms with E-state index in [4.69, 9.17) is 11.6 Å². The largest absolute Gasteiger partial charge is 0.335 e. The zero-order chi connectivity index (χ0) is 19.3. The van der Waals surface area contributed by atoms with Crippen LogP contribution in [-0.4, -0.2) is 39.8 Å². The minimum atomic E-state index is -0.664. The molecule has 2 amide bonds. The van der Waals surface area contributed by atoms with Crippen LogP contribution in [0.1, 0.15) is 0 Å². The van der Waals surface area contributed by atoms with Gasteiger partial charge in [-0.3, -0.25) is 29.1 Å². The Hall–Kier alpha value is -3.20. The summed E-state index contributed by atoms with van der Waals surface area (Å²) in [6.07, 6.45) is 0.986. The second-order valence-corrected chi connectivity index (χ2v) is 5.86. The Balaban J connectivity index is 1.99. The lowest BCUT2D eigenvalue weighted by molar-refractivity contribution is -0.385. The summed E-state index contributed by atoms with van der Waals surface area (Å²) in [6, 6.07) is 8.60. The summed E-state index contributed by atoms with van der Waals surface area (Å²) in [4.78, 5) is 47.1. The average Bonchev–Trinajstić information content (AvgIpc) is 2.56. The lowest BCUT2D eigenvalue weighted by Gasteiger charge is -2.17. The van der Waals surface area contributed by atoms with E-state index in [0.717, 1.165) is 27.8 Å². The number of halogens is 1. The molecule has 9 nitrogen and oxygen atoms in total. The minimum Gasteiger partial charge on any atom is -0.335 e. The molecule has 1 aromatic heterocycles. The van der Waals surface area contributed by atoms with Crippen molar-refractivity contribution in [3.05, 3.63) is 68.1 Å². The number of hydrogen-bond acceptors (Lipinski definition) is 5. The third-order valence-corrected chi connectivity index (χ3v) is 3.63. The van der Waals surface area contributed by atoms with Crippen LogP contribution in [-0.2, 0) is 16.1 Å². The van der Waals surface area contributed by atoms with Crippen molar-refractivity contribution in [2.75, 3.05) is 18.9 Å². The Morgan fingerprint density at radius 3 is 2.69 bits per heavy atom. The van der Waals surface area contributed by atoms with Gasteiger partial charge in [0.1, 0.15) is 6.54 Å². The van der Waals surface area contributed by atoms with Gasteiger partial charge in [0.25, 0.3) is 11.2 Å². The molecule has 0 spiro atoms. The van der Waals surface area contributed by atoms with Crippen LogP contribution < -0.4 is 10.9 Å². The smallest absolute Gasteiger partial charge is 0.285 e. The van der Waals surface area contributed by atoms with Gasteiger partial charge in [-0.15, -0.1) is 0 Å². The third-order valence-electron chi connectivity index (χ3n) is 3.40. The highest BCUT2D eigenvalue weighted by Gasteiger charge is 2.16. The number of nitrogens with one attached hydrogen (secondary N) is 1. The van der Waals surface area contributed by atoms with Crippen LogP contribution >= 0.6 is 11.6 Å². The molecular formula is C16H15ClN4O5. The van der Waals surface area contributed by atoms with E-state index >= 15 is 0 Å². The number of carbonyl (C=O) groups is 2. The molecule has 0 radical (unpaired) electrons. The van der Waals surface area contributed by atoms with Gasteiger partial charge in [0.2, 0.25) is 11.8 Å². The fraction of sp³-hybridized carbons (Fsp3) is 0.188. The number of rotatable bonds is 6. The fourth-order valence-corrected chi connectivity index (χ4v) is 2.28. The lowest BCUT2D eigenvalue weighted by atomic mass is 10.3. The normalized spacial score (nSPS) is 10.2. The SMILES string of the molecule is CN(CC(=O)Nc1cccc(Cl)c1)C(=O)Cn1cc([N+](=O)[O-])ccc1=O. The van der Waals surface area contributed by atoms with Gasteiger partial charge in [-0.1, -0.05) is 17.7 Å². The summed E-state index contributed by atoms with van der Waals surface area (Å²) >= 11 is 5.83. The van der Waals surface area contributed by atoms with E-state index in [1.165, 1.54) is 7.05 Å². The van der Waals surface area contributed by atoms with E-state index in [1.807, 2.05) is 0 Å². The van der Waals surface area contributed by atoms with Crippen LogP contribution in [0, 0.1) is 10.1 Å². The molecule has 0 aliphatic carbocycles. The Kier molecular flexibility index (Phi) is 6.07. The molecule has 1 aromatic carbocycles. The molecule has 0 fully saturated rings. The van der Waals surface area contributed by atoms with E-state index in [2.05, 4.69) is 5.32 Å². The number of pyridine rings is 1. The number of benzene rings is 1. The number of hydrogen-bond donors (Lipinski definition) is 1. The summed E-state index contributed by atoms with van der Waals surface area (Å²) < 4.78 is 0.922. The van der Waals surface area contributed by atoms with Gasteiger partial charge in [0.05, 0.1) is 17.7 Å². The molecule has 0 aliphatic rings. The lowest BCUT2D eigenvalue weighted by Crippen LogP contribution is -2.38. The van der Waals surface area contributed by atoms with Gasteiger partial charge in [0.15, 0.2) is 0 Å². The number of anilines is 1. The first kappa shape index (κ1) is 19.1. The third kappa shape index (κ3) is 5.15. The van der Waals surface area contributed by atoms with Crippen molar-refractivity contribution >= 4 is 34.8 Å². The minimum absolute atomic E-state index is 0.255. The molecular weight excluding hydrogens is 364 g/mol. The van der Waals surface area contributed by atoms with Gasteiger partial charge in [-0.05, 0) is 18.2 Å². The molecule has 0 bridgehead atoms. The van der Waals surface area contributed by atoms with Gasteiger partial charge in [0, 0.05) is 29.9 Å². The van der Waals surface area contributed by atoms with Crippen LogP contribution in [0.5, 0.6) is 0 Å². The van der Waals surface area contributed by atoms with Gasteiger partial charge in [-0.2, -0.15) is 0 Å². The van der Waals surface area contributed by atoms with Crippen molar-refractivity contribution in [1.82, 2.24) is 9.47 Å². The number of carbonyl (C=O) groups excluding carboxylic acids is 2. The van der Waals surface area contributed by atoms with Gasteiger partial charge >= 0.3 is 0 Å². The first-order valence-corrected chi connectivity index (χ1v) is 7.78. The molecule has 1 heterocycles. The Bertz CT molecular complexity index is 912. The topological polar surface area (TPSA) is 115 Å². The fourth-order valence-electron chi connectivity index (χ4n) is 2.09. The molecule has 2 rings (SSSR count). The summed E-state index contributed by atoms with van der Waals surface area (Å²) in [5.41, 5.74) is -0.377. The molecule has 0 saturated carbocycles. The van der Waals surface area contributed by atoms with Crippen molar-refractivity contribution in [2.45, 2.75) is 6.54 Å². The molecule has 10 heteroatoms. The highest BCUT2D eigenvalue weighted by atomic mass is 35.5. The van der Waals surface area contributed by atoms with Crippen LogP contribution in [0.15, 0.2) is 47.4 Å². The van der Waals surface area contributed by atoms with E-state index in [-0.39, 0.29) is 12.2 Å². The first-order valence-electron chi connectivity index (χ1n) is 7.40. The second kappa shape index (κ2) is 8.26. The zero-order valence-corrected chi connectivity index (χ0v) is 14.5. The van der Waals surface area contributed by atoms with Crippen LogP contribution in [0.2, 0.25) is 5.02 Å². The summed E-state index contributed by atoms with van der Waals surface area (Å²) in [7, 11) is 1.39. The Morgan fingerprint density at radius 2 is 2.04 bits per heavy atom. The van der Waals surface area contributed by atoms with Crippen molar-refractivity contribution in [3.8, 4) is 0 Å². The molecule has 0 atom stereocenters. The van der Waals surface area contributed by atoms with Crippen molar-refractivity contribution in [3.63, 3.8) is 0 Å². The predicted octanol–water partition coefficient (Wildman–Crippen LogP) is 1.51. The summed E-state index contributed by atoms with van der Waals surface area (Å²) in [5, 5.41) is 13.8. The van der Waals surface area contributed by atoms with Crippen molar-refractivity contribution in [1.29, 1.82) is 0 Å². The standard InChI is InChI=1S/C16H15ClN4O5/c1-19(9-14(22)18-12-4-2-3-11(17)7-12)16(24)10-20-8-13(21(25)26)5-6-15(20)23/h2-8H,9-10H2,1H3,(H,18,22). The van der Waals surface area contributed by atoms with E-state index in [0.29, 0.717) is 10.7 Å². The molecule has 136 valence electrons. The van der Waals surface area contributed by atoms with E-state index < -0.39 is 28.8 Å². The van der Waals surface area contributed by atoms with Crippen molar-refractivity contribution < 1.29 is 14.5 Å². The molecule has 0 saturated heterocycles. The van der Waals surface area contributed by atoms with Crippen LogP contribution in [0.4, 0.5) is 11.4 Å². The maximum Gasteiger partial charge on any atom is 0.285 e. The Labute approximate surface area is 152 Å². The van der Waals surface area contributed by atoms with E-state index in [9.17, 15) is 24.5 Å². The summed E-state index contributed by atoms with van der Waals surface area (Å²) in [5.74, 6) is -0.997. The molecule has 1 N–H and O–H groups in total. The molecule has 2 aromatic rings. The highest BCUT2D eigenvalue weighted by molar-refractivity contribution is 6.30. The second-order valence-electron chi connectivity index (χ2n) is 5.42. The summed E-state index contributed by atoms with van der Waals surface area (Å²) in [6.45, 7) is -0.670. The highest BCUT2D eigenvalue weighted by Crippen LogP contribution is 2.14. The Morgan fingerprint density at radius 1 is 1.31 bits per heavy atom.